The highest BCUT2D eigenvalue weighted by molar-refractivity contribution is 7.90. The third kappa shape index (κ3) is 4.82. The molecule has 0 spiro atoms. The molecule has 0 fully saturated rings. The van der Waals surface area contributed by atoms with Crippen LogP contribution >= 0.6 is 11.6 Å². The van der Waals surface area contributed by atoms with Gasteiger partial charge in [-0.2, -0.15) is 9.90 Å². The summed E-state index contributed by atoms with van der Waals surface area (Å²) in [5.74, 6) is -5.69. The number of carbonyl (C=O) groups is 1. The number of nitrogens with zero attached hydrogens (tertiary/aromatic N) is 6. The van der Waals surface area contributed by atoms with Gasteiger partial charge in [-0.15, -0.1) is 5.10 Å². The monoisotopic (exact) mass is 592 g/mol. The van der Waals surface area contributed by atoms with E-state index in [0.29, 0.717) is 0 Å². The van der Waals surface area contributed by atoms with Crippen LogP contribution in [0.25, 0.3) is 22.0 Å². The number of rotatable bonds is 7. The molecule has 0 radical (unpaired) electrons. The number of amides is 1. The van der Waals surface area contributed by atoms with Crippen molar-refractivity contribution in [2.24, 2.45) is 7.05 Å². The number of ether oxygens (including phenoxy) is 1. The molecule has 0 aliphatic carbocycles. The van der Waals surface area contributed by atoms with Crippen molar-refractivity contribution in [2.45, 2.75) is 10.6 Å². The second kappa shape index (κ2) is 10.2. The Labute approximate surface area is 228 Å². The highest BCUT2D eigenvalue weighted by Crippen LogP contribution is 2.35. The van der Waals surface area contributed by atoms with E-state index in [4.69, 9.17) is 16.3 Å². The van der Waals surface area contributed by atoms with Crippen LogP contribution in [0.15, 0.2) is 41.4 Å². The molecule has 0 saturated heterocycles. The van der Waals surface area contributed by atoms with Crippen LogP contribution in [-0.2, 0) is 22.6 Å². The smallest absolute Gasteiger partial charge is 0.276 e. The van der Waals surface area contributed by atoms with Gasteiger partial charge >= 0.3 is 0 Å². The first kappa shape index (κ1) is 27.0. The van der Waals surface area contributed by atoms with Crippen molar-refractivity contribution in [3.05, 3.63) is 70.3 Å². The molecule has 0 saturated carbocycles. The Morgan fingerprint density at radius 1 is 1.18 bits per heavy atom. The molecule has 40 heavy (non-hydrogen) atoms. The zero-order chi connectivity index (χ0) is 28.8. The molecule has 3 heterocycles. The van der Waals surface area contributed by atoms with Gasteiger partial charge in [-0.1, -0.05) is 28.8 Å². The van der Waals surface area contributed by atoms with Gasteiger partial charge in [0.2, 0.25) is 5.88 Å². The van der Waals surface area contributed by atoms with Crippen LogP contribution in [0.1, 0.15) is 16.1 Å². The summed E-state index contributed by atoms with van der Waals surface area (Å²) in [6.45, 7) is 0. The number of anilines is 1. The summed E-state index contributed by atoms with van der Waals surface area (Å²) in [6.07, 6.45) is 1.17. The molecule has 5 aromatic rings. The van der Waals surface area contributed by atoms with E-state index in [1.807, 2.05) is 0 Å². The maximum Gasteiger partial charge on any atom is 0.276 e. The van der Waals surface area contributed by atoms with E-state index >= 15 is 8.78 Å². The zero-order valence-corrected chi connectivity index (χ0v) is 22.0. The zero-order valence-electron chi connectivity index (χ0n) is 20.4. The summed E-state index contributed by atoms with van der Waals surface area (Å²) >= 11 is 5.88. The van der Waals surface area contributed by atoms with E-state index in [1.165, 1.54) is 26.4 Å². The third-order valence-corrected chi connectivity index (χ3v) is 7.59. The van der Waals surface area contributed by atoms with Crippen molar-refractivity contribution < 1.29 is 31.1 Å². The van der Waals surface area contributed by atoms with Gasteiger partial charge in [0.1, 0.15) is 27.7 Å². The van der Waals surface area contributed by atoms with E-state index in [-0.39, 0.29) is 33.4 Å². The van der Waals surface area contributed by atoms with Crippen molar-refractivity contribution >= 4 is 44.2 Å². The van der Waals surface area contributed by atoms with E-state index < -0.39 is 60.5 Å². The summed E-state index contributed by atoms with van der Waals surface area (Å²) in [7, 11) is -1.61. The van der Waals surface area contributed by atoms with Gasteiger partial charge in [0, 0.05) is 22.7 Å². The van der Waals surface area contributed by atoms with Crippen molar-refractivity contribution in [3.8, 4) is 17.0 Å². The fourth-order valence-electron chi connectivity index (χ4n) is 3.93. The number of aryl methyl sites for hydroxylation is 1. The van der Waals surface area contributed by atoms with Crippen LogP contribution in [0.4, 0.5) is 19.1 Å². The molecule has 0 aliphatic heterocycles. The van der Waals surface area contributed by atoms with Crippen LogP contribution in [0.5, 0.6) is 5.88 Å². The molecule has 0 atom stereocenters. The number of nitrogens with one attached hydrogen (secondary N) is 2. The maximum atomic E-state index is 15.6. The molecule has 12 nitrogen and oxygen atoms in total. The van der Waals surface area contributed by atoms with Crippen molar-refractivity contribution in [1.82, 2.24) is 35.4 Å². The van der Waals surface area contributed by atoms with Gasteiger partial charge in [-0.3, -0.25) is 15.2 Å². The van der Waals surface area contributed by atoms with Crippen LogP contribution in [0.2, 0.25) is 5.02 Å². The number of hydrogen-bond donors (Lipinski definition) is 2. The molecule has 17 heteroatoms. The van der Waals surface area contributed by atoms with Crippen LogP contribution < -0.4 is 10.1 Å². The summed E-state index contributed by atoms with van der Waals surface area (Å²) in [5, 5.41) is 19.5. The maximum absolute atomic E-state index is 15.6. The number of carbonyl (C=O) groups excluding carboxylic acids is 1. The van der Waals surface area contributed by atoms with E-state index in [2.05, 4.69) is 35.9 Å². The minimum absolute atomic E-state index is 0.00254. The number of sulfone groups is 1. The number of pyridine rings is 1. The normalized spacial score (nSPS) is 11.7. The number of methoxy groups -OCH3 is 1. The first-order valence-electron chi connectivity index (χ1n) is 11.1. The number of H-pyrrole nitrogens is 1. The predicted octanol–water partition coefficient (Wildman–Crippen LogP) is 3.45. The van der Waals surface area contributed by atoms with Crippen molar-refractivity contribution in [3.63, 3.8) is 0 Å². The first-order valence-corrected chi connectivity index (χ1v) is 13.1. The van der Waals surface area contributed by atoms with E-state index in [0.717, 1.165) is 29.1 Å². The molecule has 3 aromatic heterocycles. The second-order valence-electron chi connectivity index (χ2n) is 8.29. The third-order valence-electron chi connectivity index (χ3n) is 5.72. The number of fused-ring (bicyclic) bond motifs is 1. The molecule has 2 N–H and O–H groups in total. The first-order chi connectivity index (χ1) is 19.0. The summed E-state index contributed by atoms with van der Waals surface area (Å²) in [6, 6.07) is 5.13. The van der Waals surface area contributed by atoms with Crippen LogP contribution in [0, 0.1) is 17.5 Å². The van der Waals surface area contributed by atoms with Gasteiger partial charge in [0.15, 0.2) is 15.7 Å². The molecule has 2 aromatic carbocycles. The molecule has 0 bridgehead atoms. The molecule has 5 rings (SSSR count). The van der Waals surface area contributed by atoms with Crippen molar-refractivity contribution in [1.29, 1.82) is 0 Å². The fourth-order valence-corrected chi connectivity index (χ4v) is 5.65. The van der Waals surface area contributed by atoms with E-state index in [1.54, 1.807) is 0 Å². The van der Waals surface area contributed by atoms with Crippen LogP contribution in [0.3, 0.4) is 0 Å². The Hall–Kier alpha value is -4.57. The largest absolute Gasteiger partial charge is 0.480 e. The minimum atomic E-state index is -4.29. The van der Waals surface area contributed by atoms with Gasteiger partial charge < -0.3 is 4.74 Å². The van der Waals surface area contributed by atoms with Crippen molar-refractivity contribution in [2.75, 3.05) is 12.4 Å². The number of tetrazole rings is 1. The summed E-state index contributed by atoms with van der Waals surface area (Å²) in [5.41, 5.74) is -2.37. The summed E-state index contributed by atoms with van der Waals surface area (Å²) < 4.78 is 77.2. The van der Waals surface area contributed by atoms with Gasteiger partial charge in [-0.25, -0.2) is 26.6 Å². The standard InChI is InChI=1S/C23H16ClF3N8O4S/c1-35-33-23(32-34-35)29-21(36)20-13-5-4-12(18(27)19(13)30-31-20)16-14(25)6-3-10(17(16)26)9-40(37,38)15-7-11(24)8-28-22(15)39-2/h3-8H,9H2,1-2H3,(H,30,31)(H,29,33,36). The van der Waals surface area contributed by atoms with Gasteiger partial charge in [0.25, 0.3) is 11.9 Å². The molecule has 0 aliphatic rings. The molecular weight excluding hydrogens is 577 g/mol. The number of benzene rings is 2. The second-order valence-corrected chi connectivity index (χ2v) is 10.7. The highest BCUT2D eigenvalue weighted by atomic mass is 35.5. The van der Waals surface area contributed by atoms with Crippen LogP contribution in [-0.4, -0.2) is 56.8 Å². The molecule has 1 amide bonds. The number of aromatic amines is 1. The molecule has 0 unspecified atom stereocenters. The Morgan fingerprint density at radius 2 is 1.95 bits per heavy atom. The quantitative estimate of drug-likeness (QED) is 0.289. The summed E-state index contributed by atoms with van der Waals surface area (Å²) in [4.78, 5) is 17.1. The number of hydrogen-bond acceptors (Lipinski definition) is 9. The van der Waals surface area contributed by atoms with Gasteiger partial charge in [-0.05, 0) is 23.4 Å². The lowest BCUT2D eigenvalue weighted by atomic mass is 9.99. The Kier molecular flexibility index (Phi) is 6.89. The molecular formula is C23H16ClF3N8O4S. The Morgan fingerprint density at radius 3 is 2.65 bits per heavy atom. The Bertz CT molecular complexity index is 1910. The number of halogens is 4. The highest BCUT2D eigenvalue weighted by Gasteiger charge is 2.28. The fraction of sp³-hybridized carbons (Fsp3) is 0.130. The molecule has 206 valence electrons. The predicted molar refractivity (Wildman–Crippen MR) is 135 cm³/mol. The lowest BCUT2D eigenvalue weighted by Crippen LogP contribution is -2.14. The Balaban J connectivity index is 1.53. The van der Waals surface area contributed by atoms with Gasteiger partial charge in [0.05, 0.1) is 30.5 Å². The minimum Gasteiger partial charge on any atom is -0.480 e. The SMILES string of the molecule is COc1ncc(Cl)cc1S(=O)(=O)Cc1ccc(F)c(-c2ccc3c(C(=O)Nc4nnn(C)n4)[nH]nc3c2F)c1F. The van der Waals surface area contributed by atoms with E-state index in [9.17, 15) is 17.6 Å². The lowest BCUT2D eigenvalue weighted by Gasteiger charge is -2.13. The number of aromatic nitrogens is 7. The lowest BCUT2D eigenvalue weighted by molar-refractivity contribution is 0.102. The average molecular weight is 593 g/mol. The average Bonchev–Trinajstić information content (AvgIpc) is 3.53. The topological polar surface area (TPSA) is 158 Å².